The Morgan fingerprint density at radius 1 is 1.56 bits per heavy atom. The van der Waals surface area contributed by atoms with Gasteiger partial charge in [-0.25, -0.2) is 4.79 Å². The van der Waals surface area contributed by atoms with Crippen LogP contribution >= 0.6 is 0 Å². The highest BCUT2D eigenvalue weighted by molar-refractivity contribution is 5.93. The van der Waals surface area contributed by atoms with Gasteiger partial charge in [0.25, 0.3) is 5.69 Å². The van der Waals surface area contributed by atoms with Gasteiger partial charge >= 0.3 is 12.1 Å². The highest BCUT2D eigenvalue weighted by Gasteiger charge is 2.36. The number of ether oxygens (including phenoxy) is 1. The summed E-state index contributed by atoms with van der Waals surface area (Å²) in [5, 5.41) is 10.6. The molecule has 1 aromatic rings. The molecular weight excluding hydrogens is 257 g/mol. The zero-order chi connectivity index (χ0) is 13.9. The van der Waals surface area contributed by atoms with Crippen molar-refractivity contribution in [3.63, 3.8) is 0 Å². The van der Waals surface area contributed by atoms with Gasteiger partial charge in [0.05, 0.1) is 11.5 Å². The fourth-order valence-corrected chi connectivity index (χ4v) is 1.12. The topological polar surface area (TPSA) is 82.3 Å². The van der Waals surface area contributed by atoms with E-state index in [1.54, 1.807) is 0 Å². The lowest BCUT2D eigenvalue weighted by atomic mass is 10.2. The maximum atomic E-state index is 12.3. The van der Waals surface area contributed by atoms with E-state index in [-0.39, 0.29) is 12.7 Å². The van der Waals surface area contributed by atoms with Crippen molar-refractivity contribution in [2.24, 2.45) is 0 Å². The van der Waals surface area contributed by atoms with Gasteiger partial charge in [0.2, 0.25) is 0 Å². The summed E-state index contributed by atoms with van der Waals surface area (Å²) in [6.45, 7) is 1.40. The fourth-order valence-electron chi connectivity index (χ4n) is 1.12. The van der Waals surface area contributed by atoms with E-state index < -0.39 is 34.0 Å². The van der Waals surface area contributed by atoms with E-state index in [0.29, 0.717) is 6.20 Å². The quantitative estimate of drug-likeness (QED) is 0.474. The second-order valence-electron chi connectivity index (χ2n) is 3.06. The van der Waals surface area contributed by atoms with Crippen molar-refractivity contribution >= 4 is 11.7 Å². The van der Waals surface area contributed by atoms with Crippen LogP contribution < -0.4 is 0 Å². The number of aromatic nitrogens is 1. The number of carbonyl (C=O) groups is 1. The first-order chi connectivity index (χ1) is 8.27. The van der Waals surface area contributed by atoms with E-state index in [4.69, 9.17) is 0 Å². The Balaban J connectivity index is 3.30. The molecule has 0 saturated heterocycles. The maximum Gasteiger partial charge on any atom is 0.433 e. The van der Waals surface area contributed by atoms with Gasteiger partial charge in [-0.15, -0.1) is 0 Å². The van der Waals surface area contributed by atoms with Gasteiger partial charge in [-0.05, 0) is 6.92 Å². The van der Waals surface area contributed by atoms with Crippen molar-refractivity contribution in [1.29, 1.82) is 0 Å². The van der Waals surface area contributed by atoms with E-state index in [9.17, 15) is 28.1 Å². The molecule has 0 amide bonds. The average Bonchev–Trinajstić information content (AvgIpc) is 2.27. The molecule has 0 fully saturated rings. The second kappa shape index (κ2) is 4.98. The number of nitrogens with zero attached hydrogens (tertiary/aromatic N) is 2. The summed E-state index contributed by atoms with van der Waals surface area (Å²) in [4.78, 5) is 23.8. The van der Waals surface area contributed by atoms with Crippen LogP contribution in [0.25, 0.3) is 0 Å². The molecule has 98 valence electrons. The number of carbonyl (C=O) groups excluding carboxylic acids is 1. The van der Waals surface area contributed by atoms with E-state index in [1.165, 1.54) is 6.92 Å². The van der Waals surface area contributed by atoms with Crippen LogP contribution in [0.3, 0.4) is 0 Å². The summed E-state index contributed by atoms with van der Waals surface area (Å²) >= 11 is 0. The summed E-state index contributed by atoms with van der Waals surface area (Å²) in [5.74, 6) is -1.09. The predicted octanol–water partition coefficient (Wildman–Crippen LogP) is 2.19. The van der Waals surface area contributed by atoms with Crippen molar-refractivity contribution in [1.82, 2.24) is 4.98 Å². The molecule has 0 spiro atoms. The van der Waals surface area contributed by atoms with Crippen molar-refractivity contribution in [2.75, 3.05) is 6.61 Å². The smallest absolute Gasteiger partial charge is 0.433 e. The Labute approximate surface area is 98.5 Å². The molecule has 0 saturated carbocycles. The van der Waals surface area contributed by atoms with E-state index in [2.05, 4.69) is 9.72 Å². The van der Waals surface area contributed by atoms with Gasteiger partial charge in [0.15, 0.2) is 11.3 Å². The number of hydrogen-bond donors (Lipinski definition) is 0. The lowest BCUT2D eigenvalue weighted by Crippen LogP contribution is -2.13. The van der Waals surface area contributed by atoms with E-state index >= 15 is 0 Å². The molecular formula is C9H7F3N2O4. The minimum absolute atomic E-state index is 0.0585. The van der Waals surface area contributed by atoms with Crippen molar-refractivity contribution in [2.45, 2.75) is 13.1 Å². The zero-order valence-corrected chi connectivity index (χ0v) is 9.02. The summed E-state index contributed by atoms with van der Waals surface area (Å²) in [5.41, 5.74) is -3.05. The predicted molar refractivity (Wildman–Crippen MR) is 51.8 cm³/mol. The molecule has 6 nitrogen and oxygen atoms in total. The minimum atomic E-state index is -4.82. The fraction of sp³-hybridized carbons (Fsp3) is 0.333. The van der Waals surface area contributed by atoms with Gasteiger partial charge < -0.3 is 4.74 Å². The van der Waals surface area contributed by atoms with Gasteiger partial charge in [-0.1, -0.05) is 0 Å². The largest absolute Gasteiger partial charge is 0.462 e. The molecule has 9 heteroatoms. The first-order valence-corrected chi connectivity index (χ1v) is 4.66. The van der Waals surface area contributed by atoms with Crippen LogP contribution in [0.15, 0.2) is 12.3 Å². The first kappa shape index (κ1) is 13.9. The average molecular weight is 264 g/mol. The monoisotopic (exact) mass is 264 g/mol. The number of hydrogen-bond acceptors (Lipinski definition) is 5. The van der Waals surface area contributed by atoms with Crippen LogP contribution in [0.1, 0.15) is 23.0 Å². The lowest BCUT2D eigenvalue weighted by Gasteiger charge is -2.07. The van der Waals surface area contributed by atoms with Gasteiger partial charge in [-0.2, -0.15) is 13.2 Å². The van der Waals surface area contributed by atoms with Gasteiger partial charge in [0, 0.05) is 12.3 Å². The summed E-state index contributed by atoms with van der Waals surface area (Å²) in [7, 11) is 0. The van der Waals surface area contributed by atoms with E-state index in [0.717, 1.165) is 0 Å². The number of nitro groups is 1. The normalized spacial score (nSPS) is 11.1. The Bertz CT molecular complexity index is 487. The first-order valence-electron chi connectivity index (χ1n) is 4.66. The van der Waals surface area contributed by atoms with Gasteiger partial charge in [-0.3, -0.25) is 15.1 Å². The van der Waals surface area contributed by atoms with Crippen LogP contribution in [-0.4, -0.2) is 22.5 Å². The molecule has 0 bridgehead atoms. The molecule has 0 unspecified atom stereocenters. The highest BCUT2D eigenvalue weighted by atomic mass is 19.4. The molecule has 0 aromatic carbocycles. The molecule has 0 aliphatic rings. The third-order valence-corrected chi connectivity index (χ3v) is 1.86. The molecule has 0 aliphatic heterocycles. The minimum Gasteiger partial charge on any atom is -0.462 e. The highest BCUT2D eigenvalue weighted by Crippen LogP contribution is 2.31. The Morgan fingerprint density at radius 3 is 2.61 bits per heavy atom. The molecule has 18 heavy (non-hydrogen) atoms. The lowest BCUT2D eigenvalue weighted by molar-refractivity contribution is -0.385. The van der Waals surface area contributed by atoms with Crippen LogP contribution in [0.5, 0.6) is 0 Å². The summed E-state index contributed by atoms with van der Waals surface area (Å²) in [6.07, 6.45) is -4.34. The van der Waals surface area contributed by atoms with E-state index in [1.807, 2.05) is 0 Å². The standard InChI is InChI=1S/C9H7F3N2O4/c1-2-18-8(15)5-4-13-7(9(10,11)12)3-6(5)14(16)17/h3-4H,2H2,1H3. The molecule has 1 heterocycles. The number of esters is 1. The zero-order valence-electron chi connectivity index (χ0n) is 9.02. The Morgan fingerprint density at radius 2 is 2.17 bits per heavy atom. The summed E-state index contributed by atoms with van der Waals surface area (Å²) in [6, 6.07) is 0.201. The number of alkyl halides is 3. The number of rotatable bonds is 3. The van der Waals surface area contributed by atoms with Crippen LogP contribution in [-0.2, 0) is 10.9 Å². The molecule has 0 aliphatic carbocycles. The summed E-state index contributed by atoms with van der Waals surface area (Å²) < 4.78 is 41.4. The maximum absolute atomic E-state index is 12.3. The number of halogens is 3. The molecule has 0 N–H and O–H groups in total. The van der Waals surface area contributed by atoms with Gasteiger partial charge in [0.1, 0.15) is 0 Å². The molecule has 0 radical (unpaired) electrons. The van der Waals surface area contributed by atoms with Crippen molar-refractivity contribution in [3.05, 3.63) is 33.6 Å². The molecule has 0 atom stereocenters. The van der Waals surface area contributed by atoms with Crippen molar-refractivity contribution in [3.8, 4) is 0 Å². The second-order valence-corrected chi connectivity index (χ2v) is 3.06. The molecule has 1 rings (SSSR count). The third-order valence-electron chi connectivity index (χ3n) is 1.86. The SMILES string of the molecule is CCOC(=O)c1cnc(C(F)(F)F)cc1[N+](=O)[O-]. The van der Waals surface area contributed by atoms with Crippen molar-refractivity contribution < 1.29 is 27.6 Å². The third kappa shape index (κ3) is 2.93. The van der Waals surface area contributed by atoms with Crippen LogP contribution in [0.4, 0.5) is 18.9 Å². The van der Waals surface area contributed by atoms with Crippen LogP contribution in [0, 0.1) is 10.1 Å². The Hall–Kier alpha value is -2.19. The number of pyridine rings is 1. The Kier molecular flexibility index (Phi) is 3.84. The molecule has 1 aromatic heterocycles. The van der Waals surface area contributed by atoms with Crippen LogP contribution in [0.2, 0.25) is 0 Å².